The molecule has 3 rings (SSSR count). The second kappa shape index (κ2) is 4.17. The molecule has 1 aromatic carbocycles. The number of rotatable bonds is 3. The number of benzene rings is 1. The van der Waals surface area contributed by atoms with Crippen LogP contribution in [-0.2, 0) is 0 Å². The van der Waals surface area contributed by atoms with Crippen molar-refractivity contribution in [2.24, 2.45) is 0 Å². The summed E-state index contributed by atoms with van der Waals surface area (Å²) in [5.41, 5.74) is 2.82. The van der Waals surface area contributed by atoms with Crippen LogP contribution >= 0.6 is 11.3 Å². The van der Waals surface area contributed by atoms with Gasteiger partial charge in [0.25, 0.3) is 5.69 Å². The van der Waals surface area contributed by atoms with Gasteiger partial charge in [0, 0.05) is 28.5 Å². The predicted molar refractivity (Wildman–Crippen MR) is 70.9 cm³/mol. The van der Waals surface area contributed by atoms with Crippen LogP contribution in [-0.4, -0.2) is 9.91 Å². The highest BCUT2D eigenvalue weighted by Crippen LogP contribution is 2.41. The Kier molecular flexibility index (Phi) is 2.63. The van der Waals surface area contributed by atoms with Crippen molar-refractivity contribution in [1.29, 1.82) is 0 Å². The highest BCUT2D eigenvalue weighted by atomic mass is 32.1. The molecular formula is C13H12N2O2S. The van der Waals surface area contributed by atoms with E-state index < -0.39 is 0 Å². The van der Waals surface area contributed by atoms with Crippen molar-refractivity contribution in [1.82, 2.24) is 4.98 Å². The molecule has 4 nitrogen and oxygen atoms in total. The number of nitro benzene ring substituents is 1. The molecule has 0 spiro atoms. The topological polar surface area (TPSA) is 56.0 Å². The van der Waals surface area contributed by atoms with E-state index in [0.717, 1.165) is 16.3 Å². The van der Waals surface area contributed by atoms with Gasteiger partial charge in [0.2, 0.25) is 0 Å². The van der Waals surface area contributed by atoms with E-state index in [4.69, 9.17) is 0 Å². The van der Waals surface area contributed by atoms with Gasteiger partial charge < -0.3 is 0 Å². The van der Waals surface area contributed by atoms with E-state index in [1.165, 1.54) is 12.8 Å². The van der Waals surface area contributed by atoms with Gasteiger partial charge in [-0.15, -0.1) is 11.3 Å². The average molecular weight is 260 g/mol. The first-order chi connectivity index (χ1) is 8.65. The third-order valence-corrected chi connectivity index (χ3v) is 4.08. The predicted octanol–water partition coefficient (Wildman–Crippen LogP) is 3.90. The summed E-state index contributed by atoms with van der Waals surface area (Å²) >= 11 is 1.56. The first-order valence-corrected chi connectivity index (χ1v) is 6.74. The van der Waals surface area contributed by atoms with E-state index in [-0.39, 0.29) is 10.6 Å². The fourth-order valence-corrected chi connectivity index (χ4v) is 2.82. The average Bonchev–Trinajstić information content (AvgIpc) is 3.08. The Morgan fingerprint density at radius 2 is 2.22 bits per heavy atom. The highest BCUT2D eigenvalue weighted by Gasteiger charge is 2.26. The van der Waals surface area contributed by atoms with E-state index in [2.05, 4.69) is 10.4 Å². The molecule has 5 heteroatoms. The molecule has 1 saturated carbocycles. The van der Waals surface area contributed by atoms with Crippen LogP contribution in [0.2, 0.25) is 0 Å². The molecule has 1 aliphatic carbocycles. The van der Waals surface area contributed by atoms with Crippen LogP contribution in [0.25, 0.3) is 10.6 Å². The van der Waals surface area contributed by atoms with Crippen molar-refractivity contribution in [3.63, 3.8) is 0 Å². The zero-order valence-corrected chi connectivity index (χ0v) is 10.7. The number of nitro groups is 1. The van der Waals surface area contributed by atoms with Crippen LogP contribution in [0, 0.1) is 17.0 Å². The van der Waals surface area contributed by atoms with Gasteiger partial charge in [0.15, 0.2) is 0 Å². The molecule has 92 valence electrons. The number of nitrogens with zero attached hydrogens (tertiary/aromatic N) is 2. The molecule has 1 aliphatic rings. The Balaban J connectivity index is 1.99. The normalized spacial score (nSPS) is 14.7. The van der Waals surface area contributed by atoms with Gasteiger partial charge in [-0.1, -0.05) is 12.1 Å². The molecule has 0 saturated heterocycles. The Labute approximate surface area is 108 Å². The Morgan fingerprint density at radius 3 is 2.89 bits per heavy atom. The van der Waals surface area contributed by atoms with Crippen LogP contribution < -0.4 is 0 Å². The van der Waals surface area contributed by atoms with Crippen LogP contribution in [0.5, 0.6) is 0 Å². The van der Waals surface area contributed by atoms with E-state index in [9.17, 15) is 10.1 Å². The van der Waals surface area contributed by atoms with Crippen molar-refractivity contribution in [3.8, 4) is 10.6 Å². The standard InChI is InChI=1S/C13H12N2O2S/c1-8-2-3-10(6-12(8)15(16)17)13-14-11(7-18-13)9-4-5-9/h2-3,6-7,9H,4-5H2,1H3. The molecule has 0 unspecified atom stereocenters. The summed E-state index contributed by atoms with van der Waals surface area (Å²) in [6.45, 7) is 1.75. The van der Waals surface area contributed by atoms with E-state index in [1.54, 1.807) is 30.4 Å². The summed E-state index contributed by atoms with van der Waals surface area (Å²) in [5, 5.41) is 13.9. The second-order valence-electron chi connectivity index (χ2n) is 4.61. The van der Waals surface area contributed by atoms with E-state index >= 15 is 0 Å². The minimum absolute atomic E-state index is 0.163. The summed E-state index contributed by atoms with van der Waals surface area (Å²) in [5.74, 6) is 0.621. The lowest BCUT2D eigenvalue weighted by Crippen LogP contribution is -1.92. The smallest absolute Gasteiger partial charge is 0.258 e. The minimum atomic E-state index is -0.339. The Bertz CT molecular complexity index is 617. The minimum Gasteiger partial charge on any atom is -0.258 e. The van der Waals surface area contributed by atoms with Crippen LogP contribution in [0.4, 0.5) is 5.69 Å². The van der Waals surface area contributed by atoms with Gasteiger partial charge in [-0.05, 0) is 19.8 Å². The molecule has 1 heterocycles. The van der Waals surface area contributed by atoms with Gasteiger partial charge >= 0.3 is 0 Å². The second-order valence-corrected chi connectivity index (χ2v) is 5.47. The third-order valence-electron chi connectivity index (χ3n) is 3.17. The highest BCUT2D eigenvalue weighted by molar-refractivity contribution is 7.13. The molecule has 0 N–H and O–H groups in total. The lowest BCUT2D eigenvalue weighted by molar-refractivity contribution is -0.385. The zero-order valence-electron chi connectivity index (χ0n) is 9.92. The number of hydrogen-bond acceptors (Lipinski definition) is 4. The maximum absolute atomic E-state index is 10.9. The van der Waals surface area contributed by atoms with Crippen LogP contribution in [0.1, 0.15) is 30.0 Å². The molecule has 1 fully saturated rings. The number of thiazole rings is 1. The molecule has 0 bridgehead atoms. The molecule has 2 aromatic rings. The van der Waals surface area contributed by atoms with Crippen LogP contribution in [0.15, 0.2) is 23.6 Å². The monoisotopic (exact) mass is 260 g/mol. The van der Waals surface area contributed by atoms with Gasteiger partial charge in [0.05, 0.1) is 10.6 Å². The number of aryl methyl sites for hydroxylation is 1. The van der Waals surface area contributed by atoms with Crippen molar-refractivity contribution in [2.45, 2.75) is 25.7 Å². The van der Waals surface area contributed by atoms with Gasteiger partial charge in [-0.3, -0.25) is 10.1 Å². The van der Waals surface area contributed by atoms with E-state index in [0.29, 0.717) is 11.5 Å². The maximum atomic E-state index is 10.9. The van der Waals surface area contributed by atoms with Crippen molar-refractivity contribution in [3.05, 3.63) is 45.0 Å². The molecular weight excluding hydrogens is 248 g/mol. The summed E-state index contributed by atoms with van der Waals surface area (Å²) in [6, 6.07) is 5.30. The van der Waals surface area contributed by atoms with Gasteiger partial charge in [0.1, 0.15) is 5.01 Å². The summed E-state index contributed by atoms with van der Waals surface area (Å²) in [7, 11) is 0. The van der Waals surface area contributed by atoms with Crippen molar-refractivity contribution < 1.29 is 4.92 Å². The van der Waals surface area contributed by atoms with Crippen molar-refractivity contribution in [2.75, 3.05) is 0 Å². The summed E-state index contributed by atoms with van der Waals surface area (Å²) in [6.07, 6.45) is 2.44. The SMILES string of the molecule is Cc1ccc(-c2nc(C3CC3)cs2)cc1[N+](=O)[O-]. The molecule has 0 amide bonds. The third kappa shape index (κ3) is 2.01. The summed E-state index contributed by atoms with van der Waals surface area (Å²) < 4.78 is 0. The fourth-order valence-electron chi connectivity index (χ4n) is 1.92. The van der Waals surface area contributed by atoms with Crippen LogP contribution in [0.3, 0.4) is 0 Å². The number of hydrogen-bond donors (Lipinski definition) is 0. The molecule has 0 atom stereocenters. The first-order valence-electron chi connectivity index (χ1n) is 5.86. The van der Waals surface area contributed by atoms with Gasteiger partial charge in [-0.25, -0.2) is 4.98 Å². The maximum Gasteiger partial charge on any atom is 0.273 e. The quantitative estimate of drug-likeness (QED) is 0.621. The van der Waals surface area contributed by atoms with Crippen molar-refractivity contribution >= 4 is 17.0 Å². The molecule has 0 aliphatic heterocycles. The summed E-state index contributed by atoms with van der Waals surface area (Å²) in [4.78, 5) is 15.1. The lowest BCUT2D eigenvalue weighted by atomic mass is 10.1. The first kappa shape index (κ1) is 11.3. The molecule has 1 aromatic heterocycles. The van der Waals surface area contributed by atoms with E-state index in [1.807, 2.05) is 6.07 Å². The van der Waals surface area contributed by atoms with Gasteiger partial charge in [-0.2, -0.15) is 0 Å². The molecule has 0 radical (unpaired) electrons. The Hall–Kier alpha value is -1.75. The largest absolute Gasteiger partial charge is 0.273 e. The number of aromatic nitrogens is 1. The Morgan fingerprint density at radius 1 is 1.44 bits per heavy atom. The molecule has 18 heavy (non-hydrogen) atoms. The fraction of sp³-hybridized carbons (Fsp3) is 0.308. The zero-order chi connectivity index (χ0) is 12.7. The lowest BCUT2D eigenvalue weighted by Gasteiger charge is -2.00.